The predicted octanol–water partition coefficient (Wildman–Crippen LogP) is 2.58. The first kappa shape index (κ1) is 11.9. The molecule has 0 N–H and O–H groups in total. The second kappa shape index (κ2) is 7.56. The number of nitrogens with zero attached hydrogens (tertiary/aromatic N) is 1. The molecule has 0 aliphatic heterocycles. The Morgan fingerprint density at radius 1 is 1.08 bits per heavy atom. The highest BCUT2D eigenvalue weighted by Crippen LogP contribution is 2.02. The van der Waals surface area contributed by atoms with Gasteiger partial charge in [0.05, 0.1) is 0 Å². The van der Waals surface area contributed by atoms with Crippen LogP contribution in [0.25, 0.3) is 0 Å². The molecule has 0 saturated carbocycles. The number of hydrogen-bond donors (Lipinski definition) is 0. The van der Waals surface area contributed by atoms with E-state index in [1.807, 2.05) is 0 Å². The van der Waals surface area contributed by atoms with Gasteiger partial charge in [0, 0.05) is 0 Å². The summed E-state index contributed by atoms with van der Waals surface area (Å²) in [5.74, 6) is 0. The number of allylic oxidation sites excluding steroid dienone is 1. The molecular formula is C10H23NSi. The van der Waals surface area contributed by atoms with E-state index in [1.54, 1.807) is 0 Å². The van der Waals surface area contributed by atoms with Crippen molar-refractivity contribution in [1.29, 1.82) is 0 Å². The molecule has 1 unspecified atom stereocenters. The summed E-state index contributed by atoms with van der Waals surface area (Å²) in [5.41, 5.74) is 2.48. The van der Waals surface area contributed by atoms with Crippen molar-refractivity contribution in [1.82, 2.24) is 4.57 Å². The molecule has 0 heterocycles. The molecule has 0 aliphatic carbocycles. The monoisotopic (exact) mass is 185 g/mol. The lowest BCUT2D eigenvalue weighted by Crippen LogP contribution is -2.37. The van der Waals surface area contributed by atoms with Gasteiger partial charge in [0.25, 0.3) is 0 Å². The molecule has 0 bridgehead atoms. The largest absolute Gasteiger partial charge is 0.323 e. The van der Waals surface area contributed by atoms with Crippen molar-refractivity contribution in [2.45, 2.75) is 40.2 Å². The van der Waals surface area contributed by atoms with Crippen LogP contribution in [0.5, 0.6) is 0 Å². The maximum Gasteiger partial charge on any atom is 0.135 e. The molecular weight excluding hydrogens is 162 g/mol. The molecule has 0 aromatic heterocycles. The van der Waals surface area contributed by atoms with Crippen LogP contribution < -0.4 is 0 Å². The number of rotatable bonds is 6. The molecule has 1 nitrogen and oxygen atoms in total. The van der Waals surface area contributed by atoms with Gasteiger partial charge in [-0.25, -0.2) is 0 Å². The van der Waals surface area contributed by atoms with E-state index in [0.29, 0.717) is 0 Å². The smallest absolute Gasteiger partial charge is 0.135 e. The lowest BCUT2D eigenvalue weighted by Gasteiger charge is -2.24. The summed E-state index contributed by atoms with van der Waals surface area (Å²) in [5, 5.41) is 0. The van der Waals surface area contributed by atoms with Crippen LogP contribution in [0.3, 0.4) is 0 Å². The van der Waals surface area contributed by atoms with Gasteiger partial charge in [-0.3, -0.25) is 0 Å². The van der Waals surface area contributed by atoms with Crippen LogP contribution in [-0.4, -0.2) is 26.6 Å². The Morgan fingerprint density at radius 2 is 1.67 bits per heavy atom. The van der Waals surface area contributed by atoms with Crippen LogP contribution in [0.1, 0.15) is 34.1 Å². The lowest BCUT2D eigenvalue weighted by molar-refractivity contribution is 0.483. The lowest BCUT2D eigenvalue weighted by atomic mass is 10.5. The fourth-order valence-corrected chi connectivity index (χ4v) is 4.06. The van der Waals surface area contributed by atoms with Gasteiger partial charge >= 0.3 is 0 Å². The summed E-state index contributed by atoms with van der Waals surface area (Å²) in [6.07, 6.45) is 3.52. The van der Waals surface area contributed by atoms with Crippen LogP contribution in [0.4, 0.5) is 0 Å². The molecule has 12 heavy (non-hydrogen) atoms. The van der Waals surface area contributed by atoms with Gasteiger partial charge in [-0.1, -0.05) is 39.5 Å². The fourth-order valence-electron chi connectivity index (χ4n) is 1.50. The zero-order valence-corrected chi connectivity index (χ0v) is 10.2. The fraction of sp³-hybridized carbons (Fsp3) is 0.800. The predicted molar refractivity (Wildman–Crippen MR) is 60.0 cm³/mol. The Bertz CT molecular complexity index is 119. The van der Waals surface area contributed by atoms with Gasteiger partial charge in [0.2, 0.25) is 0 Å². The molecule has 0 aliphatic rings. The Morgan fingerprint density at radius 3 is 2.00 bits per heavy atom. The molecule has 2 heteroatoms. The van der Waals surface area contributed by atoms with E-state index in [9.17, 15) is 0 Å². The standard InChI is InChI=1S/C10H23NSi/c1-5-9-10-12(8-4)11(6-2)7-3/h9-10,12H,5-8H2,1-4H3. The molecule has 0 spiro atoms. The maximum atomic E-state index is 2.63. The minimum atomic E-state index is -0.693. The van der Waals surface area contributed by atoms with Crippen LogP contribution >= 0.6 is 0 Å². The normalized spacial score (nSPS) is 14.4. The van der Waals surface area contributed by atoms with Crippen molar-refractivity contribution < 1.29 is 0 Å². The summed E-state index contributed by atoms with van der Waals surface area (Å²) in [7, 11) is -0.693. The summed E-state index contributed by atoms with van der Waals surface area (Å²) >= 11 is 0. The molecule has 0 rings (SSSR count). The first-order valence-corrected chi connectivity index (χ1v) is 7.20. The zero-order chi connectivity index (χ0) is 9.40. The highest BCUT2D eigenvalue weighted by atomic mass is 28.3. The van der Waals surface area contributed by atoms with Crippen molar-refractivity contribution in [3.63, 3.8) is 0 Å². The van der Waals surface area contributed by atoms with E-state index in [2.05, 4.69) is 44.0 Å². The van der Waals surface area contributed by atoms with Gasteiger partial charge in [0.1, 0.15) is 8.96 Å². The third-order valence-electron chi connectivity index (χ3n) is 2.29. The van der Waals surface area contributed by atoms with E-state index >= 15 is 0 Å². The Labute approximate surface area is 79.2 Å². The Hall–Kier alpha value is -0.0831. The highest BCUT2D eigenvalue weighted by molar-refractivity contribution is 6.61. The molecule has 1 atom stereocenters. The van der Waals surface area contributed by atoms with E-state index in [-0.39, 0.29) is 0 Å². The summed E-state index contributed by atoms with van der Waals surface area (Å²) < 4.78 is 2.63. The van der Waals surface area contributed by atoms with Gasteiger partial charge < -0.3 is 4.57 Å². The van der Waals surface area contributed by atoms with E-state index < -0.39 is 8.96 Å². The quantitative estimate of drug-likeness (QED) is 0.575. The van der Waals surface area contributed by atoms with E-state index in [4.69, 9.17) is 0 Å². The summed E-state index contributed by atoms with van der Waals surface area (Å²) in [6, 6.07) is 1.36. The van der Waals surface area contributed by atoms with Crippen molar-refractivity contribution >= 4 is 8.96 Å². The van der Waals surface area contributed by atoms with Crippen LogP contribution in [0, 0.1) is 0 Å². The molecule has 0 aromatic carbocycles. The summed E-state index contributed by atoms with van der Waals surface area (Å²) in [4.78, 5) is 0. The Balaban J connectivity index is 4.01. The Kier molecular flexibility index (Phi) is 7.51. The van der Waals surface area contributed by atoms with Crippen molar-refractivity contribution in [3.8, 4) is 0 Å². The molecule has 0 aromatic rings. The first-order valence-electron chi connectivity index (χ1n) is 5.20. The van der Waals surface area contributed by atoms with Crippen molar-refractivity contribution in [3.05, 3.63) is 11.8 Å². The van der Waals surface area contributed by atoms with Crippen LogP contribution in [-0.2, 0) is 0 Å². The minimum absolute atomic E-state index is 0.693. The average molecular weight is 185 g/mol. The molecule has 0 radical (unpaired) electrons. The van der Waals surface area contributed by atoms with Gasteiger partial charge in [-0.2, -0.15) is 0 Å². The minimum Gasteiger partial charge on any atom is -0.323 e. The SMILES string of the molecule is CCC=C[SiH](CC)N(CC)CC. The van der Waals surface area contributed by atoms with Gasteiger partial charge in [-0.05, 0) is 25.6 Å². The van der Waals surface area contributed by atoms with Crippen molar-refractivity contribution in [2.24, 2.45) is 0 Å². The average Bonchev–Trinajstić information content (AvgIpc) is 2.12. The third kappa shape index (κ3) is 4.07. The summed E-state index contributed by atoms with van der Waals surface area (Å²) in [6.45, 7) is 11.5. The maximum absolute atomic E-state index is 2.63. The van der Waals surface area contributed by atoms with Gasteiger partial charge in [0.15, 0.2) is 0 Å². The zero-order valence-electron chi connectivity index (χ0n) is 9.01. The second-order valence-corrected chi connectivity index (χ2v) is 6.10. The first-order chi connectivity index (χ1) is 5.79. The van der Waals surface area contributed by atoms with Crippen molar-refractivity contribution in [2.75, 3.05) is 13.1 Å². The second-order valence-electron chi connectivity index (χ2n) is 3.03. The molecule has 72 valence electrons. The molecule has 0 fully saturated rings. The topological polar surface area (TPSA) is 3.24 Å². The highest BCUT2D eigenvalue weighted by Gasteiger charge is 2.10. The number of hydrogen-bond acceptors (Lipinski definition) is 1. The third-order valence-corrected chi connectivity index (χ3v) is 5.51. The van der Waals surface area contributed by atoms with E-state index in [0.717, 1.165) is 0 Å². The molecule has 0 saturated heterocycles. The van der Waals surface area contributed by atoms with E-state index in [1.165, 1.54) is 25.6 Å². The van der Waals surface area contributed by atoms with Gasteiger partial charge in [-0.15, -0.1) is 0 Å². The molecule has 0 amide bonds. The van der Waals surface area contributed by atoms with Crippen LogP contribution in [0.15, 0.2) is 11.8 Å². The van der Waals surface area contributed by atoms with Crippen LogP contribution in [0.2, 0.25) is 6.04 Å².